The summed E-state index contributed by atoms with van der Waals surface area (Å²) in [6.07, 6.45) is 0. The van der Waals surface area contributed by atoms with Gasteiger partial charge >= 0.3 is 0 Å². The van der Waals surface area contributed by atoms with Crippen LogP contribution in [0.2, 0.25) is 0 Å². The first-order valence-electron chi connectivity index (χ1n) is 26.7. The molecule has 0 bridgehead atoms. The molecular weight excluding hydrogens is 989 g/mol. The molecule has 19 aromatic rings. The van der Waals surface area contributed by atoms with Gasteiger partial charge in [-0.2, -0.15) is 0 Å². The van der Waals surface area contributed by atoms with E-state index in [4.69, 9.17) is 17.7 Å². The Hall–Kier alpha value is -10.3. The van der Waals surface area contributed by atoms with Gasteiger partial charge in [-0.25, -0.2) is 0 Å². The smallest absolute Gasteiger partial charge is 0.143 e. The number of aromatic nitrogens is 2. The Morgan fingerprint density at radius 3 is 1.09 bits per heavy atom. The zero-order chi connectivity index (χ0) is 51.2. The number of rotatable bonds is 4. The summed E-state index contributed by atoms with van der Waals surface area (Å²) >= 11 is 1.90. The summed E-state index contributed by atoms with van der Waals surface area (Å²) in [6, 6.07) is 82.9. The summed E-state index contributed by atoms with van der Waals surface area (Å²) in [5.74, 6) is 0. The van der Waals surface area contributed by atoms with Crippen LogP contribution < -0.4 is 0 Å². The average molecular weight is 1030 g/mol. The number of fused-ring (bicyclic) bond motifs is 23. The SMILES string of the molecule is c1ccc2c(c1)oc1ccc(-n3c4ccc(-c5cccc6c5oc5ccccc56)cc4c4c5sc6c(ccc7c6c6cc(-c8cccc9c8oc8ccccc89)ccc6n7-c6ccc7oc8ccccc8c7c6)c5ccc43)cc12. The summed E-state index contributed by atoms with van der Waals surface area (Å²) in [7, 11) is 0. The molecule has 0 N–H and O–H groups in total. The van der Waals surface area contributed by atoms with Gasteiger partial charge < -0.3 is 26.8 Å². The van der Waals surface area contributed by atoms with Crippen molar-refractivity contribution in [3.63, 3.8) is 0 Å². The third-order valence-corrected chi connectivity index (χ3v) is 18.2. The fraction of sp³-hybridized carbons (Fsp3) is 0. The van der Waals surface area contributed by atoms with Gasteiger partial charge in [0, 0.05) is 107 Å². The third kappa shape index (κ3) is 5.63. The molecule has 0 fully saturated rings. The van der Waals surface area contributed by atoms with Crippen LogP contribution in [0.1, 0.15) is 0 Å². The molecule has 6 nitrogen and oxygen atoms in total. The first-order chi connectivity index (χ1) is 39.1. The van der Waals surface area contributed by atoms with Gasteiger partial charge in [-0.1, -0.05) is 133 Å². The molecule has 0 aliphatic rings. The molecule has 7 aromatic heterocycles. The number of para-hydroxylation sites is 6. The molecule has 366 valence electrons. The number of thiophene rings is 1. The maximum absolute atomic E-state index is 6.68. The van der Waals surface area contributed by atoms with Crippen LogP contribution in [0.15, 0.2) is 248 Å². The first kappa shape index (κ1) is 41.9. The topological polar surface area (TPSA) is 62.4 Å². The van der Waals surface area contributed by atoms with Gasteiger partial charge in [0.1, 0.15) is 44.7 Å². The van der Waals surface area contributed by atoms with E-state index in [0.717, 1.165) is 143 Å². The fourth-order valence-corrected chi connectivity index (χ4v) is 14.9. The van der Waals surface area contributed by atoms with Crippen molar-refractivity contribution in [2.24, 2.45) is 0 Å². The molecule has 19 rings (SSSR count). The van der Waals surface area contributed by atoms with E-state index in [1.807, 2.05) is 47.7 Å². The van der Waals surface area contributed by atoms with Gasteiger partial charge in [0.15, 0.2) is 0 Å². The van der Waals surface area contributed by atoms with Crippen LogP contribution in [0.3, 0.4) is 0 Å². The lowest BCUT2D eigenvalue weighted by Crippen LogP contribution is -1.93. The van der Waals surface area contributed by atoms with Crippen molar-refractivity contribution < 1.29 is 17.7 Å². The number of benzene rings is 12. The largest absolute Gasteiger partial charge is 0.456 e. The first-order valence-corrected chi connectivity index (χ1v) is 27.5. The number of hydrogen-bond donors (Lipinski definition) is 0. The van der Waals surface area contributed by atoms with Gasteiger partial charge in [-0.15, -0.1) is 11.3 Å². The van der Waals surface area contributed by atoms with E-state index in [9.17, 15) is 0 Å². The molecular formula is C72H38N2O4S. The van der Waals surface area contributed by atoms with Gasteiger partial charge in [0.05, 0.1) is 22.1 Å². The molecule has 12 aromatic carbocycles. The second-order valence-electron chi connectivity index (χ2n) is 21.0. The molecule has 0 aliphatic carbocycles. The maximum atomic E-state index is 6.68. The van der Waals surface area contributed by atoms with Crippen molar-refractivity contribution in [2.75, 3.05) is 0 Å². The van der Waals surface area contributed by atoms with Crippen molar-refractivity contribution in [3.8, 4) is 33.6 Å². The molecule has 79 heavy (non-hydrogen) atoms. The van der Waals surface area contributed by atoms with Crippen molar-refractivity contribution in [1.82, 2.24) is 9.13 Å². The summed E-state index contributed by atoms with van der Waals surface area (Å²) in [5.41, 5.74) is 18.1. The minimum atomic E-state index is 0.873. The zero-order valence-corrected chi connectivity index (χ0v) is 42.7. The Bertz CT molecular complexity index is 5530. The Balaban J connectivity index is 0.916. The lowest BCUT2D eigenvalue weighted by atomic mass is 9.99. The Morgan fingerprint density at radius 1 is 0.253 bits per heavy atom. The van der Waals surface area contributed by atoms with E-state index in [2.05, 4.69) is 203 Å². The molecule has 0 radical (unpaired) electrons. The molecule has 0 unspecified atom stereocenters. The molecule has 0 saturated heterocycles. The van der Waals surface area contributed by atoms with E-state index >= 15 is 0 Å². The van der Waals surface area contributed by atoms with Gasteiger partial charge in [0.2, 0.25) is 0 Å². The van der Waals surface area contributed by atoms with Crippen molar-refractivity contribution >= 4 is 163 Å². The highest BCUT2D eigenvalue weighted by Gasteiger charge is 2.25. The quantitative estimate of drug-likeness (QED) is 0.176. The Morgan fingerprint density at radius 2 is 0.633 bits per heavy atom. The molecule has 0 spiro atoms. The van der Waals surface area contributed by atoms with Crippen LogP contribution in [-0.4, -0.2) is 9.13 Å². The third-order valence-electron chi connectivity index (χ3n) is 16.9. The predicted octanol–water partition coefficient (Wildman–Crippen LogP) is 21.2. The Labute approximate surface area is 451 Å². The number of nitrogens with zero attached hydrogens (tertiary/aromatic N) is 2. The minimum absolute atomic E-state index is 0.873. The summed E-state index contributed by atoms with van der Waals surface area (Å²) in [6.45, 7) is 0. The highest BCUT2D eigenvalue weighted by atomic mass is 32.1. The highest BCUT2D eigenvalue weighted by molar-refractivity contribution is 7.27. The molecule has 7 heteroatoms. The predicted molar refractivity (Wildman–Crippen MR) is 328 cm³/mol. The van der Waals surface area contributed by atoms with Crippen LogP contribution in [0.4, 0.5) is 0 Å². The van der Waals surface area contributed by atoms with Crippen LogP contribution in [0.5, 0.6) is 0 Å². The second kappa shape index (κ2) is 15.2. The summed E-state index contributed by atoms with van der Waals surface area (Å²) in [4.78, 5) is 0. The van der Waals surface area contributed by atoms with Crippen molar-refractivity contribution in [2.45, 2.75) is 0 Å². The van der Waals surface area contributed by atoms with Crippen molar-refractivity contribution in [1.29, 1.82) is 0 Å². The lowest BCUT2D eigenvalue weighted by Gasteiger charge is -2.09. The van der Waals surface area contributed by atoms with Crippen LogP contribution in [0.25, 0.3) is 185 Å². The van der Waals surface area contributed by atoms with E-state index in [0.29, 0.717) is 0 Å². The zero-order valence-electron chi connectivity index (χ0n) is 41.9. The maximum Gasteiger partial charge on any atom is 0.143 e. The monoisotopic (exact) mass is 1030 g/mol. The molecule has 7 heterocycles. The average Bonchev–Trinajstić information content (AvgIpc) is 4.52. The van der Waals surface area contributed by atoms with E-state index in [-0.39, 0.29) is 0 Å². The second-order valence-corrected chi connectivity index (χ2v) is 22.0. The van der Waals surface area contributed by atoms with Gasteiger partial charge in [-0.3, -0.25) is 0 Å². The number of hydrogen-bond acceptors (Lipinski definition) is 5. The van der Waals surface area contributed by atoms with Crippen LogP contribution in [-0.2, 0) is 0 Å². The van der Waals surface area contributed by atoms with Crippen LogP contribution in [0, 0.1) is 0 Å². The van der Waals surface area contributed by atoms with Gasteiger partial charge in [0.25, 0.3) is 0 Å². The minimum Gasteiger partial charge on any atom is -0.456 e. The highest BCUT2D eigenvalue weighted by Crippen LogP contribution is 2.50. The number of furan rings is 4. The fourth-order valence-electron chi connectivity index (χ4n) is 13.4. The molecule has 0 amide bonds. The molecule has 0 saturated carbocycles. The van der Waals surface area contributed by atoms with Crippen LogP contribution >= 0.6 is 11.3 Å². The van der Waals surface area contributed by atoms with E-state index in [1.165, 1.54) is 41.7 Å². The Kier molecular flexibility index (Phi) is 8.05. The standard InChI is InChI=1S/C72H38N2O4S/c1-7-21-63-45(11-1)49-17-9-15-43(69(49)77-63)39-23-29-57-55(35-39)67-59(73(57)41-25-33-65-53(37-41)47-13-3-5-19-61(47)75-65)31-27-51-52-28-32-60-68(72(52)79-71(51)67)56-36-40(44-16-10-18-50-46-12-2-8-22-64(46)78-70(44)50)24-30-58(56)74(60)42-26-34-66-54(38-42)48-14-4-6-20-62(48)76-66/h1-38H. The summed E-state index contributed by atoms with van der Waals surface area (Å²) < 4.78 is 33.5. The van der Waals surface area contributed by atoms with Crippen molar-refractivity contribution in [3.05, 3.63) is 231 Å². The lowest BCUT2D eigenvalue weighted by molar-refractivity contribution is 0.668. The summed E-state index contributed by atoms with van der Waals surface area (Å²) in [5, 5.41) is 16.1. The van der Waals surface area contributed by atoms with Gasteiger partial charge in [-0.05, 0) is 108 Å². The molecule has 0 atom stereocenters. The molecule has 0 aliphatic heterocycles. The van der Waals surface area contributed by atoms with E-state index in [1.54, 1.807) is 0 Å². The van der Waals surface area contributed by atoms with E-state index < -0.39 is 0 Å². The normalized spacial score (nSPS) is 12.6.